The molecule has 0 atom stereocenters. The molecule has 0 radical (unpaired) electrons. The molecule has 4 aromatic rings. The van der Waals surface area contributed by atoms with Crippen molar-refractivity contribution in [3.8, 4) is 22.8 Å². The smallest absolute Gasteiger partial charge is 0.196 e. The average Bonchev–Trinajstić information content (AvgIpc) is 3.17. The van der Waals surface area contributed by atoms with Crippen LogP contribution < -0.4 is 4.74 Å². The fourth-order valence-corrected chi connectivity index (χ4v) is 3.66. The van der Waals surface area contributed by atoms with Crippen molar-refractivity contribution in [1.29, 1.82) is 0 Å². The molecule has 0 spiro atoms. The molecular weight excluding hydrogens is 387 g/mol. The summed E-state index contributed by atoms with van der Waals surface area (Å²) >= 11 is 1.47. The molecule has 0 amide bonds. The standard InChI is InChI=1S/C22H19FN4OS/c1-16-7-2-5-11-20(16)28-13-14-29-22-26-25-21(17-8-6-12-24-15-17)27(22)19-10-4-3-9-18(19)23/h2-12,15H,13-14H2,1H3. The highest BCUT2D eigenvalue weighted by molar-refractivity contribution is 7.99. The van der Waals surface area contributed by atoms with Gasteiger partial charge in [0.15, 0.2) is 11.0 Å². The zero-order chi connectivity index (χ0) is 20.1. The Morgan fingerprint density at radius 1 is 1.00 bits per heavy atom. The number of nitrogens with zero attached hydrogens (tertiary/aromatic N) is 4. The first-order valence-corrected chi connectivity index (χ1v) is 10.1. The molecule has 0 aliphatic rings. The Labute approximate surface area is 172 Å². The lowest BCUT2D eigenvalue weighted by Crippen LogP contribution is -2.05. The van der Waals surface area contributed by atoms with Crippen molar-refractivity contribution < 1.29 is 9.13 Å². The van der Waals surface area contributed by atoms with Crippen LogP contribution in [0.1, 0.15) is 5.56 Å². The van der Waals surface area contributed by atoms with E-state index in [4.69, 9.17) is 4.74 Å². The molecule has 0 aliphatic carbocycles. The number of halogens is 1. The van der Waals surface area contributed by atoms with Crippen LogP contribution >= 0.6 is 11.8 Å². The van der Waals surface area contributed by atoms with Gasteiger partial charge in [-0.05, 0) is 42.8 Å². The van der Waals surface area contributed by atoms with Crippen LogP contribution in [0, 0.1) is 12.7 Å². The van der Waals surface area contributed by atoms with E-state index in [9.17, 15) is 4.39 Å². The van der Waals surface area contributed by atoms with Crippen LogP contribution in [-0.4, -0.2) is 32.1 Å². The molecule has 0 bridgehead atoms. The summed E-state index contributed by atoms with van der Waals surface area (Å²) in [5, 5.41) is 9.20. The second-order valence-corrected chi connectivity index (χ2v) is 7.36. The summed E-state index contributed by atoms with van der Waals surface area (Å²) in [7, 11) is 0. The number of para-hydroxylation sites is 2. The van der Waals surface area contributed by atoms with E-state index in [0.717, 1.165) is 16.9 Å². The highest BCUT2D eigenvalue weighted by atomic mass is 32.2. The van der Waals surface area contributed by atoms with Crippen LogP contribution in [0.15, 0.2) is 78.2 Å². The van der Waals surface area contributed by atoms with Crippen LogP contribution in [0.4, 0.5) is 4.39 Å². The van der Waals surface area contributed by atoms with Crippen molar-refractivity contribution >= 4 is 11.8 Å². The Kier molecular flexibility index (Phi) is 5.86. The SMILES string of the molecule is Cc1ccccc1OCCSc1nnc(-c2cccnc2)n1-c1ccccc1F. The average molecular weight is 406 g/mol. The first-order valence-electron chi connectivity index (χ1n) is 9.16. The minimum Gasteiger partial charge on any atom is -0.492 e. The van der Waals surface area contributed by atoms with Crippen molar-refractivity contribution in [2.75, 3.05) is 12.4 Å². The Hall–Kier alpha value is -3.19. The van der Waals surface area contributed by atoms with Crippen molar-refractivity contribution in [3.05, 3.63) is 84.4 Å². The molecule has 0 saturated carbocycles. The van der Waals surface area contributed by atoms with Gasteiger partial charge in [0.1, 0.15) is 11.6 Å². The molecular formula is C22H19FN4OS. The van der Waals surface area contributed by atoms with Crippen molar-refractivity contribution in [2.24, 2.45) is 0 Å². The van der Waals surface area contributed by atoms with Crippen LogP contribution in [0.5, 0.6) is 5.75 Å². The number of aryl methyl sites for hydroxylation is 1. The molecule has 146 valence electrons. The van der Waals surface area contributed by atoms with Gasteiger partial charge in [0, 0.05) is 23.7 Å². The molecule has 7 heteroatoms. The van der Waals surface area contributed by atoms with E-state index in [1.54, 1.807) is 35.2 Å². The van der Waals surface area contributed by atoms with Gasteiger partial charge in [-0.3, -0.25) is 9.55 Å². The zero-order valence-corrected chi connectivity index (χ0v) is 16.6. The number of ether oxygens (including phenoxy) is 1. The van der Waals surface area contributed by atoms with E-state index in [1.807, 2.05) is 43.3 Å². The van der Waals surface area contributed by atoms with Gasteiger partial charge in [-0.25, -0.2) is 4.39 Å². The molecule has 0 unspecified atom stereocenters. The van der Waals surface area contributed by atoms with E-state index in [0.29, 0.717) is 29.0 Å². The molecule has 2 heterocycles. The van der Waals surface area contributed by atoms with Gasteiger partial charge in [-0.15, -0.1) is 10.2 Å². The summed E-state index contributed by atoms with van der Waals surface area (Å²) in [6.45, 7) is 2.51. The van der Waals surface area contributed by atoms with Crippen molar-refractivity contribution in [2.45, 2.75) is 12.1 Å². The maximum Gasteiger partial charge on any atom is 0.196 e. The molecule has 0 fully saturated rings. The van der Waals surface area contributed by atoms with Crippen LogP contribution in [0.2, 0.25) is 0 Å². The number of benzene rings is 2. The predicted molar refractivity (Wildman–Crippen MR) is 112 cm³/mol. The van der Waals surface area contributed by atoms with E-state index >= 15 is 0 Å². The fraction of sp³-hybridized carbons (Fsp3) is 0.136. The monoisotopic (exact) mass is 406 g/mol. The van der Waals surface area contributed by atoms with Crippen molar-refractivity contribution in [1.82, 2.24) is 19.7 Å². The minimum atomic E-state index is -0.338. The number of pyridine rings is 1. The van der Waals surface area contributed by atoms with Gasteiger partial charge in [-0.2, -0.15) is 0 Å². The number of hydrogen-bond donors (Lipinski definition) is 0. The lowest BCUT2D eigenvalue weighted by Gasteiger charge is -2.12. The number of rotatable bonds is 7. The minimum absolute atomic E-state index is 0.338. The molecule has 5 nitrogen and oxygen atoms in total. The summed E-state index contributed by atoms with van der Waals surface area (Å²) in [4.78, 5) is 4.14. The Morgan fingerprint density at radius 3 is 2.62 bits per heavy atom. The first-order chi connectivity index (χ1) is 14.2. The fourth-order valence-electron chi connectivity index (χ4n) is 2.90. The molecule has 4 rings (SSSR count). The van der Waals surface area contributed by atoms with Crippen LogP contribution in [-0.2, 0) is 0 Å². The highest BCUT2D eigenvalue weighted by Gasteiger charge is 2.18. The van der Waals surface area contributed by atoms with E-state index < -0.39 is 0 Å². The molecule has 29 heavy (non-hydrogen) atoms. The second-order valence-electron chi connectivity index (χ2n) is 6.30. The van der Waals surface area contributed by atoms with Gasteiger partial charge in [0.25, 0.3) is 0 Å². The Morgan fingerprint density at radius 2 is 1.83 bits per heavy atom. The Balaban J connectivity index is 1.58. The topological polar surface area (TPSA) is 52.8 Å². The maximum atomic E-state index is 14.6. The number of thioether (sulfide) groups is 1. The van der Waals surface area contributed by atoms with E-state index in [1.165, 1.54) is 17.8 Å². The third kappa shape index (κ3) is 4.30. The molecule has 0 N–H and O–H groups in total. The first kappa shape index (κ1) is 19.1. The summed E-state index contributed by atoms with van der Waals surface area (Å²) in [5.41, 5.74) is 2.26. The quantitative estimate of drug-likeness (QED) is 0.321. The third-order valence-corrected chi connectivity index (χ3v) is 5.21. The molecule has 0 aliphatic heterocycles. The van der Waals surface area contributed by atoms with Gasteiger partial charge < -0.3 is 4.74 Å². The van der Waals surface area contributed by atoms with E-state index in [2.05, 4.69) is 15.2 Å². The van der Waals surface area contributed by atoms with Crippen molar-refractivity contribution in [3.63, 3.8) is 0 Å². The summed E-state index contributed by atoms with van der Waals surface area (Å²) in [6.07, 6.45) is 3.38. The highest BCUT2D eigenvalue weighted by Crippen LogP contribution is 2.29. The molecule has 2 aromatic heterocycles. The molecule has 0 saturated heterocycles. The van der Waals surface area contributed by atoms with Gasteiger partial charge in [0.2, 0.25) is 0 Å². The van der Waals surface area contributed by atoms with Gasteiger partial charge in [-0.1, -0.05) is 42.1 Å². The number of hydrogen-bond acceptors (Lipinski definition) is 5. The normalized spacial score (nSPS) is 10.8. The third-order valence-electron chi connectivity index (χ3n) is 4.31. The summed E-state index contributed by atoms with van der Waals surface area (Å²) in [6, 6.07) is 18.2. The summed E-state index contributed by atoms with van der Waals surface area (Å²) in [5.74, 6) is 1.72. The van der Waals surface area contributed by atoms with Gasteiger partial charge >= 0.3 is 0 Å². The lowest BCUT2D eigenvalue weighted by molar-refractivity contribution is 0.341. The second kappa shape index (κ2) is 8.87. The summed E-state index contributed by atoms with van der Waals surface area (Å²) < 4.78 is 22.1. The maximum absolute atomic E-state index is 14.6. The molecule has 2 aromatic carbocycles. The van der Waals surface area contributed by atoms with Crippen LogP contribution in [0.3, 0.4) is 0 Å². The van der Waals surface area contributed by atoms with Gasteiger partial charge in [0.05, 0.1) is 12.3 Å². The predicted octanol–water partition coefficient (Wildman–Crippen LogP) is 4.95. The lowest BCUT2D eigenvalue weighted by atomic mass is 10.2. The van der Waals surface area contributed by atoms with E-state index in [-0.39, 0.29) is 5.82 Å². The number of aromatic nitrogens is 4. The largest absolute Gasteiger partial charge is 0.492 e. The Bertz CT molecular complexity index is 1100. The van der Waals surface area contributed by atoms with Crippen LogP contribution in [0.25, 0.3) is 17.1 Å². The zero-order valence-electron chi connectivity index (χ0n) is 15.8.